The van der Waals surface area contributed by atoms with Gasteiger partial charge in [-0.1, -0.05) is 12.1 Å². The summed E-state index contributed by atoms with van der Waals surface area (Å²) in [5.41, 5.74) is 1.52. The van der Waals surface area contributed by atoms with Crippen LogP contribution < -0.4 is 0 Å². The normalized spacial score (nSPS) is 13.8. The van der Waals surface area contributed by atoms with E-state index in [0.29, 0.717) is 16.7 Å². The van der Waals surface area contributed by atoms with Gasteiger partial charge in [0, 0.05) is 18.0 Å². The second-order valence-corrected chi connectivity index (χ2v) is 4.44. The fraction of sp³-hybridized carbons (Fsp3) is 0.0769. The molecule has 2 amide bonds. The number of imide groups is 1. The first-order chi connectivity index (χ1) is 9.16. The van der Waals surface area contributed by atoms with E-state index in [0.717, 1.165) is 0 Å². The Labute approximate surface area is 113 Å². The third-order valence-electron chi connectivity index (χ3n) is 2.89. The summed E-state index contributed by atoms with van der Waals surface area (Å²) in [6, 6.07) is 6.76. The van der Waals surface area contributed by atoms with E-state index < -0.39 is 0 Å². The van der Waals surface area contributed by atoms with Crippen LogP contribution in [0.1, 0.15) is 26.3 Å². The first kappa shape index (κ1) is 11.8. The average Bonchev–Trinajstić information content (AvgIpc) is 2.67. The summed E-state index contributed by atoms with van der Waals surface area (Å²) in [5, 5.41) is 0.131. The largest absolute Gasteiger partial charge is 0.270 e. The summed E-state index contributed by atoms with van der Waals surface area (Å²) in [6.07, 6.45) is 3.00. The summed E-state index contributed by atoms with van der Waals surface area (Å²) in [5.74, 6) is -0.592. The molecule has 1 aromatic carbocycles. The van der Waals surface area contributed by atoms with Crippen molar-refractivity contribution in [3.63, 3.8) is 0 Å². The number of carbonyl (C=O) groups excluding carboxylic acids is 2. The Morgan fingerprint density at radius 3 is 2.05 bits per heavy atom. The van der Waals surface area contributed by atoms with E-state index in [2.05, 4.69) is 9.97 Å². The van der Waals surface area contributed by atoms with Gasteiger partial charge in [0.05, 0.1) is 17.7 Å². The lowest BCUT2D eigenvalue weighted by atomic mass is 10.1. The minimum absolute atomic E-state index is 0.131. The molecule has 0 unspecified atom stereocenters. The van der Waals surface area contributed by atoms with Crippen molar-refractivity contribution >= 4 is 23.4 Å². The Morgan fingerprint density at radius 2 is 1.53 bits per heavy atom. The second-order valence-electron chi connectivity index (χ2n) is 4.10. The molecule has 94 valence electrons. The SMILES string of the molecule is O=C1c2ccccc2C(=O)N1Cc1cnc(Cl)nc1. The molecule has 0 saturated heterocycles. The number of halogens is 1. The van der Waals surface area contributed by atoms with E-state index in [1.807, 2.05) is 0 Å². The number of nitrogens with zero attached hydrogens (tertiary/aromatic N) is 3. The lowest BCUT2D eigenvalue weighted by Gasteiger charge is -2.13. The Bertz CT molecular complexity index is 635. The van der Waals surface area contributed by atoms with Gasteiger partial charge in [-0.3, -0.25) is 14.5 Å². The van der Waals surface area contributed by atoms with Crippen LogP contribution in [0.5, 0.6) is 0 Å². The number of fused-ring (bicyclic) bond motifs is 1. The molecule has 0 atom stereocenters. The molecule has 0 N–H and O–H groups in total. The van der Waals surface area contributed by atoms with Gasteiger partial charge in [0.25, 0.3) is 11.8 Å². The highest BCUT2D eigenvalue weighted by molar-refractivity contribution is 6.28. The Morgan fingerprint density at radius 1 is 1.00 bits per heavy atom. The maximum atomic E-state index is 12.1. The van der Waals surface area contributed by atoms with Crippen LogP contribution in [-0.4, -0.2) is 26.7 Å². The zero-order chi connectivity index (χ0) is 13.4. The number of amides is 2. The Kier molecular flexibility index (Phi) is 2.76. The predicted octanol–water partition coefficient (Wildman–Crippen LogP) is 1.93. The molecule has 0 radical (unpaired) electrons. The van der Waals surface area contributed by atoms with Crippen LogP contribution in [0.4, 0.5) is 0 Å². The van der Waals surface area contributed by atoms with Crippen molar-refractivity contribution < 1.29 is 9.59 Å². The van der Waals surface area contributed by atoms with Crippen LogP contribution in [-0.2, 0) is 6.54 Å². The molecule has 1 aliphatic rings. The third kappa shape index (κ3) is 1.98. The first-order valence-electron chi connectivity index (χ1n) is 5.58. The fourth-order valence-electron chi connectivity index (χ4n) is 1.99. The molecular weight excluding hydrogens is 266 g/mol. The minimum atomic E-state index is -0.296. The van der Waals surface area contributed by atoms with Crippen LogP contribution in [0.2, 0.25) is 5.28 Å². The predicted molar refractivity (Wildman–Crippen MR) is 67.7 cm³/mol. The molecule has 19 heavy (non-hydrogen) atoms. The molecule has 1 aromatic heterocycles. The zero-order valence-electron chi connectivity index (χ0n) is 9.71. The van der Waals surface area contributed by atoms with Crippen molar-refractivity contribution in [1.29, 1.82) is 0 Å². The van der Waals surface area contributed by atoms with Crippen LogP contribution in [0, 0.1) is 0 Å². The molecule has 0 spiro atoms. The molecule has 0 bridgehead atoms. The molecule has 1 aliphatic heterocycles. The van der Waals surface area contributed by atoms with Crippen molar-refractivity contribution in [3.05, 3.63) is 58.6 Å². The van der Waals surface area contributed by atoms with Crippen LogP contribution in [0.3, 0.4) is 0 Å². The smallest absolute Gasteiger partial charge is 0.261 e. The Hall–Kier alpha value is -2.27. The van der Waals surface area contributed by atoms with Gasteiger partial charge in [-0.25, -0.2) is 9.97 Å². The van der Waals surface area contributed by atoms with E-state index in [4.69, 9.17) is 11.6 Å². The highest BCUT2D eigenvalue weighted by atomic mass is 35.5. The Balaban J connectivity index is 1.90. The summed E-state index contributed by atoms with van der Waals surface area (Å²) in [7, 11) is 0. The number of benzene rings is 1. The highest BCUT2D eigenvalue weighted by Gasteiger charge is 2.34. The van der Waals surface area contributed by atoms with E-state index in [-0.39, 0.29) is 23.6 Å². The van der Waals surface area contributed by atoms with E-state index in [1.165, 1.54) is 17.3 Å². The van der Waals surface area contributed by atoms with E-state index in [1.54, 1.807) is 24.3 Å². The van der Waals surface area contributed by atoms with E-state index in [9.17, 15) is 9.59 Å². The first-order valence-corrected chi connectivity index (χ1v) is 5.96. The lowest BCUT2D eigenvalue weighted by Crippen LogP contribution is -2.29. The van der Waals surface area contributed by atoms with Crippen molar-refractivity contribution in [2.24, 2.45) is 0 Å². The third-order valence-corrected chi connectivity index (χ3v) is 3.09. The molecule has 0 aliphatic carbocycles. The number of hydrogen-bond donors (Lipinski definition) is 0. The number of hydrogen-bond acceptors (Lipinski definition) is 4. The number of carbonyl (C=O) groups is 2. The fourth-order valence-corrected chi connectivity index (χ4v) is 2.08. The van der Waals surface area contributed by atoms with Crippen molar-refractivity contribution in [2.75, 3.05) is 0 Å². The lowest BCUT2D eigenvalue weighted by molar-refractivity contribution is 0.0642. The summed E-state index contributed by atoms with van der Waals surface area (Å²) >= 11 is 5.59. The molecule has 0 saturated carbocycles. The van der Waals surface area contributed by atoms with E-state index >= 15 is 0 Å². The van der Waals surface area contributed by atoms with Crippen LogP contribution in [0.25, 0.3) is 0 Å². The molecular formula is C13H8ClN3O2. The molecule has 5 nitrogen and oxygen atoms in total. The van der Waals surface area contributed by atoms with Gasteiger partial charge in [0.15, 0.2) is 0 Å². The van der Waals surface area contributed by atoms with Gasteiger partial charge in [0.1, 0.15) is 0 Å². The van der Waals surface area contributed by atoms with Gasteiger partial charge in [-0.2, -0.15) is 0 Å². The zero-order valence-corrected chi connectivity index (χ0v) is 10.5. The molecule has 0 fully saturated rings. The summed E-state index contributed by atoms with van der Waals surface area (Å²) in [4.78, 5) is 33.1. The maximum Gasteiger partial charge on any atom is 0.261 e. The summed E-state index contributed by atoms with van der Waals surface area (Å²) in [6.45, 7) is 0.142. The van der Waals surface area contributed by atoms with Gasteiger partial charge < -0.3 is 0 Å². The molecule has 2 aromatic rings. The molecule has 3 rings (SSSR count). The highest BCUT2D eigenvalue weighted by Crippen LogP contribution is 2.23. The summed E-state index contributed by atoms with van der Waals surface area (Å²) < 4.78 is 0. The van der Waals surface area contributed by atoms with Crippen molar-refractivity contribution in [3.8, 4) is 0 Å². The second kappa shape index (κ2) is 4.44. The molecule has 2 heterocycles. The molecule has 6 heteroatoms. The maximum absolute atomic E-state index is 12.1. The number of rotatable bonds is 2. The average molecular weight is 274 g/mol. The van der Waals surface area contributed by atoms with Gasteiger partial charge in [-0.15, -0.1) is 0 Å². The van der Waals surface area contributed by atoms with Crippen molar-refractivity contribution in [2.45, 2.75) is 6.54 Å². The topological polar surface area (TPSA) is 63.2 Å². The van der Waals surface area contributed by atoms with Crippen molar-refractivity contribution in [1.82, 2.24) is 14.9 Å². The van der Waals surface area contributed by atoms with Gasteiger partial charge in [0.2, 0.25) is 5.28 Å². The minimum Gasteiger partial charge on any atom is -0.270 e. The number of aromatic nitrogens is 2. The van der Waals surface area contributed by atoms with Crippen LogP contribution >= 0.6 is 11.6 Å². The monoisotopic (exact) mass is 273 g/mol. The van der Waals surface area contributed by atoms with Crippen LogP contribution in [0.15, 0.2) is 36.7 Å². The quantitative estimate of drug-likeness (QED) is 0.619. The standard InChI is InChI=1S/C13H8ClN3O2/c14-13-15-5-8(6-16-13)7-17-11(18)9-3-1-2-4-10(9)12(17)19/h1-6H,7H2. The van der Waals surface area contributed by atoms with Gasteiger partial charge >= 0.3 is 0 Å². The van der Waals surface area contributed by atoms with Gasteiger partial charge in [-0.05, 0) is 23.7 Å².